The van der Waals surface area contributed by atoms with E-state index in [0.717, 1.165) is 41.4 Å². The van der Waals surface area contributed by atoms with Crippen LogP contribution < -0.4 is 5.73 Å². The van der Waals surface area contributed by atoms with E-state index in [1.54, 1.807) is 13.2 Å². The predicted molar refractivity (Wildman–Crippen MR) is 120 cm³/mol. The van der Waals surface area contributed by atoms with Crippen LogP contribution in [0.5, 0.6) is 0 Å². The van der Waals surface area contributed by atoms with Gasteiger partial charge in [0.25, 0.3) is 0 Å². The summed E-state index contributed by atoms with van der Waals surface area (Å²) in [6.45, 7) is 1.38. The molecule has 0 aliphatic rings. The minimum absolute atomic E-state index is 0.526. The van der Waals surface area contributed by atoms with Crippen molar-refractivity contribution in [1.29, 1.82) is 0 Å². The number of fused-ring (bicyclic) bond motifs is 1. The summed E-state index contributed by atoms with van der Waals surface area (Å²) in [4.78, 5) is 4.50. The summed E-state index contributed by atoms with van der Waals surface area (Å²) < 4.78 is 7.48. The van der Waals surface area contributed by atoms with Gasteiger partial charge in [-0.2, -0.15) is 0 Å². The van der Waals surface area contributed by atoms with Gasteiger partial charge in [0.2, 0.25) is 0 Å². The molecule has 2 aromatic heterocycles. The summed E-state index contributed by atoms with van der Waals surface area (Å²) in [7, 11) is 1.74. The molecule has 4 aromatic rings. The Labute approximate surface area is 175 Å². The van der Waals surface area contributed by atoms with Crippen LogP contribution in [-0.2, 0) is 17.7 Å². The van der Waals surface area contributed by atoms with E-state index in [0.29, 0.717) is 12.4 Å². The smallest absolute Gasteiger partial charge is 0.123 e. The lowest BCUT2D eigenvalue weighted by atomic mass is 10.1. The Morgan fingerprint density at radius 3 is 2.69 bits per heavy atom. The van der Waals surface area contributed by atoms with Crippen LogP contribution in [0, 0.1) is 0 Å². The van der Waals surface area contributed by atoms with Gasteiger partial charge in [-0.25, -0.2) is 4.98 Å². The highest BCUT2D eigenvalue weighted by atomic mass is 35.5. The number of ether oxygens (including phenoxy) is 1. The maximum atomic E-state index is 6.54. The summed E-state index contributed by atoms with van der Waals surface area (Å²) in [6.07, 6.45) is 1.98. The highest BCUT2D eigenvalue weighted by molar-refractivity contribution is 6.33. The van der Waals surface area contributed by atoms with Crippen molar-refractivity contribution < 1.29 is 4.74 Å². The molecule has 0 bridgehead atoms. The molecule has 2 aromatic carbocycles. The van der Waals surface area contributed by atoms with Gasteiger partial charge in [-0.1, -0.05) is 48.0 Å². The lowest BCUT2D eigenvalue weighted by Crippen LogP contribution is -2.05. The third-order valence-corrected chi connectivity index (χ3v) is 5.41. The van der Waals surface area contributed by atoms with E-state index < -0.39 is 0 Å². The Kier molecular flexibility index (Phi) is 5.84. The van der Waals surface area contributed by atoms with E-state index in [1.807, 2.05) is 30.3 Å². The third-order valence-electron chi connectivity index (χ3n) is 5.08. The minimum atomic E-state index is 0.526. The number of aryl methyl sites for hydroxylation is 1. The first-order valence-electron chi connectivity index (χ1n) is 9.73. The number of benzene rings is 2. The zero-order chi connectivity index (χ0) is 20.2. The van der Waals surface area contributed by atoms with Crippen LogP contribution in [0.15, 0.2) is 66.7 Å². The Hall–Kier alpha value is -2.82. The molecule has 2 N–H and O–H groups in total. The standard InChI is InChI=1S/C24H24ClN3O/c1-29-13-5-6-17-11-12-18-15-23(20-8-2-3-9-21(20)25)28(22(18)14-17)16-19-7-4-10-24(26)27-19/h2-4,7-12,14-15H,5-6,13,16H2,1H3,(H2,26,27). The number of nitrogens with two attached hydrogens (primary N) is 1. The van der Waals surface area contributed by atoms with Gasteiger partial charge in [0, 0.05) is 35.2 Å². The number of rotatable bonds is 7. The molecule has 5 heteroatoms. The number of anilines is 1. The number of aromatic nitrogens is 2. The van der Waals surface area contributed by atoms with Crippen molar-refractivity contribution in [3.05, 3.63) is 83.0 Å². The van der Waals surface area contributed by atoms with E-state index >= 15 is 0 Å². The normalized spacial score (nSPS) is 11.2. The quantitative estimate of drug-likeness (QED) is 0.409. The average Bonchev–Trinajstić information content (AvgIpc) is 3.06. The monoisotopic (exact) mass is 405 g/mol. The Bertz CT molecular complexity index is 1140. The van der Waals surface area contributed by atoms with E-state index in [4.69, 9.17) is 22.1 Å². The van der Waals surface area contributed by atoms with E-state index in [2.05, 4.69) is 39.9 Å². The number of nitrogen functional groups attached to an aromatic ring is 1. The van der Waals surface area contributed by atoms with Crippen molar-refractivity contribution in [2.75, 3.05) is 19.5 Å². The van der Waals surface area contributed by atoms with Crippen molar-refractivity contribution in [2.24, 2.45) is 0 Å². The number of halogens is 1. The molecule has 29 heavy (non-hydrogen) atoms. The van der Waals surface area contributed by atoms with Crippen LogP contribution in [0.4, 0.5) is 5.82 Å². The van der Waals surface area contributed by atoms with Crippen molar-refractivity contribution >= 4 is 28.3 Å². The van der Waals surface area contributed by atoms with Gasteiger partial charge in [0.1, 0.15) is 5.82 Å². The van der Waals surface area contributed by atoms with E-state index in [1.165, 1.54) is 16.5 Å². The van der Waals surface area contributed by atoms with Crippen LogP contribution >= 0.6 is 11.6 Å². The second-order valence-electron chi connectivity index (χ2n) is 7.14. The topological polar surface area (TPSA) is 53.1 Å². The molecular formula is C24H24ClN3O. The first-order chi connectivity index (χ1) is 14.2. The SMILES string of the molecule is COCCCc1ccc2cc(-c3ccccc3Cl)n(Cc3cccc(N)n3)c2c1. The van der Waals surface area contributed by atoms with Gasteiger partial charge in [0.15, 0.2) is 0 Å². The first kappa shape index (κ1) is 19.5. The van der Waals surface area contributed by atoms with Gasteiger partial charge in [-0.05, 0) is 48.7 Å². The fraction of sp³-hybridized carbons (Fsp3) is 0.208. The predicted octanol–water partition coefficient (Wildman–Crippen LogP) is 5.57. The zero-order valence-corrected chi connectivity index (χ0v) is 17.2. The highest BCUT2D eigenvalue weighted by Crippen LogP contribution is 2.34. The summed E-state index contributed by atoms with van der Waals surface area (Å²) in [5.74, 6) is 0.526. The molecule has 0 atom stereocenters. The third kappa shape index (κ3) is 4.29. The fourth-order valence-corrected chi connectivity index (χ4v) is 3.92. The number of hydrogen-bond acceptors (Lipinski definition) is 3. The van der Waals surface area contributed by atoms with Gasteiger partial charge in [-0.3, -0.25) is 0 Å². The van der Waals surface area contributed by atoms with Crippen LogP contribution in [0.1, 0.15) is 17.7 Å². The van der Waals surface area contributed by atoms with Gasteiger partial charge < -0.3 is 15.0 Å². The number of nitrogens with zero attached hydrogens (tertiary/aromatic N) is 2. The molecule has 0 saturated heterocycles. The summed E-state index contributed by atoms with van der Waals surface area (Å²) >= 11 is 6.54. The van der Waals surface area contributed by atoms with Gasteiger partial charge >= 0.3 is 0 Å². The fourth-order valence-electron chi connectivity index (χ4n) is 3.69. The molecule has 4 rings (SSSR count). The number of methoxy groups -OCH3 is 1. The maximum absolute atomic E-state index is 6.54. The lowest BCUT2D eigenvalue weighted by molar-refractivity contribution is 0.195. The highest BCUT2D eigenvalue weighted by Gasteiger charge is 2.14. The molecule has 0 spiro atoms. The molecule has 148 valence electrons. The lowest BCUT2D eigenvalue weighted by Gasteiger charge is -2.13. The van der Waals surface area contributed by atoms with Crippen LogP contribution in [0.2, 0.25) is 5.02 Å². The van der Waals surface area contributed by atoms with Crippen molar-refractivity contribution in [2.45, 2.75) is 19.4 Å². The van der Waals surface area contributed by atoms with Crippen molar-refractivity contribution in [3.8, 4) is 11.3 Å². The first-order valence-corrected chi connectivity index (χ1v) is 10.1. The Balaban J connectivity index is 1.83. The molecule has 2 heterocycles. The molecule has 0 unspecified atom stereocenters. The second-order valence-corrected chi connectivity index (χ2v) is 7.55. The Morgan fingerprint density at radius 1 is 1.03 bits per heavy atom. The van der Waals surface area contributed by atoms with Crippen molar-refractivity contribution in [3.63, 3.8) is 0 Å². The molecule has 4 nitrogen and oxygen atoms in total. The summed E-state index contributed by atoms with van der Waals surface area (Å²) in [6, 6.07) is 22.5. The van der Waals surface area contributed by atoms with Crippen LogP contribution in [0.25, 0.3) is 22.2 Å². The number of hydrogen-bond donors (Lipinski definition) is 1. The largest absolute Gasteiger partial charge is 0.385 e. The minimum Gasteiger partial charge on any atom is -0.385 e. The molecule has 0 saturated carbocycles. The van der Waals surface area contributed by atoms with Crippen LogP contribution in [-0.4, -0.2) is 23.3 Å². The van der Waals surface area contributed by atoms with E-state index in [-0.39, 0.29) is 0 Å². The van der Waals surface area contributed by atoms with Crippen molar-refractivity contribution in [1.82, 2.24) is 9.55 Å². The molecular weight excluding hydrogens is 382 g/mol. The maximum Gasteiger partial charge on any atom is 0.123 e. The summed E-state index contributed by atoms with van der Waals surface area (Å²) in [5.41, 5.74) is 11.4. The molecule has 0 radical (unpaired) electrons. The van der Waals surface area contributed by atoms with Gasteiger partial charge in [-0.15, -0.1) is 0 Å². The van der Waals surface area contributed by atoms with Crippen LogP contribution in [0.3, 0.4) is 0 Å². The van der Waals surface area contributed by atoms with Gasteiger partial charge in [0.05, 0.1) is 17.9 Å². The molecule has 0 fully saturated rings. The second kappa shape index (κ2) is 8.68. The Morgan fingerprint density at radius 2 is 1.90 bits per heavy atom. The molecule has 0 aliphatic carbocycles. The zero-order valence-electron chi connectivity index (χ0n) is 16.4. The molecule has 0 aliphatic heterocycles. The average molecular weight is 406 g/mol. The molecule has 0 amide bonds. The number of pyridine rings is 1. The summed E-state index contributed by atoms with van der Waals surface area (Å²) in [5, 5.41) is 1.91. The van der Waals surface area contributed by atoms with E-state index in [9.17, 15) is 0 Å².